The monoisotopic (exact) mass is 378 g/mol. The second kappa shape index (κ2) is 6.70. The molecule has 128 valence electrons. The van der Waals surface area contributed by atoms with Crippen LogP contribution in [0.3, 0.4) is 0 Å². The van der Waals surface area contributed by atoms with E-state index in [2.05, 4.69) is 15.4 Å². The summed E-state index contributed by atoms with van der Waals surface area (Å²) >= 11 is 12.1. The van der Waals surface area contributed by atoms with Crippen LogP contribution in [0.15, 0.2) is 30.6 Å². The van der Waals surface area contributed by atoms with Crippen molar-refractivity contribution in [3.05, 3.63) is 57.5 Å². The van der Waals surface area contributed by atoms with Crippen LogP contribution in [-0.2, 0) is 6.42 Å². The van der Waals surface area contributed by atoms with Crippen molar-refractivity contribution >= 4 is 46.3 Å². The number of pyridine rings is 2. The Labute approximate surface area is 152 Å². The van der Waals surface area contributed by atoms with Crippen molar-refractivity contribution in [3.8, 4) is 0 Å². The smallest absolute Gasteiger partial charge is 0.356 e. The van der Waals surface area contributed by atoms with Gasteiger partial charge in [-0.1, -0.05) is 23.2 Å². The Morgan fingerprint density at radius 1 is 1.24 bits per heavy atom. The third-order valence-corrected chi connectivity index (χ3v) is 4.34. The van der Waals surface area contributed by atoms with Gasteiger partial charge in [-0.15, -0.1) is 0 Å². The molecule has 0 aliphatic rings. The minimum atomic E-state index is -1.18. The van der Waals surface area contributed by atoms with Crippen LogP contribution in [0.1, 0.15) is 26.4 Å². The van der Waals surface area contributed by atoms with Crippen LogP contribution >= 0.6 is 23.2 Å². The molecule has 0 aromatic carbocycles. The fourth-order valence-electron chi connectivity index (χ4n) is 2.47. The molecule has 0 aliphatic heterocycles. The highest BCUT2D eigenvalue weighted by Gasteiger charge is 2.19. The molecule has 9 heteroatoms. The number of aromatic carboxylic acids is 1. The Morgan fingerprint density at radius 2 is 1.92 bits per heavy atom. The van der Waals surface area contributed by atoms with Gasteiger partial charge in [-0.25, -0.2) is 9.31 Å². The van der Waals surface area contributed by atoms with Gasteiger partial charge in [0.1, 0.15) is 5.82 Å². The van der Waals surface area contributed by atoms with Crippen molar-refractivity contribution < 1.29 is 14.7 Å². The van der Waals surface area contributed by atoms with E-state index < -0.39 is 5.97 Å². The van der Waals surface area contributed by atoms with E-state index in [1.807, 2.05) is 0 Å². The van der Waals surface area contributed by atoms with Crippen molar-refractivity contribution in [2.75, 3.05) is 12.4 Å². The van der Waals surface area contributed by atoms with Crippen LogP contribution in [0.2, 0.25) is 10.0 Å². The number of anilines is 1. The first-order valence-electron chi connectivity index (χ1n) is 7.17. The predicted octanol–water partition coefficient (Wildman–Crippen LogP) is 3.20. The number of hydrogen-bond acceptors (Lipinski definition) is 5. The Kier molecular flexibility index (Phi) is 4.61. The Morgan fingerprint density at radius 3 is 2.52 bits per heavy atom. The second-order valence-electron chi connectivity index (χ2n) is 5.20. The lowest BCUT2D eigenvalue weighted by molar-refractivity contribution is 0.0690. The molecule has 25 heavy (non-hydrogen) atoms. The van der Waals surface area contributed by atoms with Crippen molar-refractivity contribution in [1.29, 1.82) is 0 Å². The molecule has 0 atom stereocenters. The van der Waals surface area contributed by atoms with E-state index in [1.54, 1.807) is 19.2 Å². The Balaban J connectivity index is 2.09. The number of nitrogens with zero attached hydrogens (tertiary/aromatic N) is 3. The maximum atomic E-state index is 12.8. The van der Waals surface area contributed by atoms with E-state index in [9.17, 15) is 9.59 Å². The van der Waals surface area contributed by atoms with E-state index in [0.717, 1.165) is 0 Å². The van der Waals surface area contributed by atoms with Gasteiger partial charge >= 0.3 is 5.97 Å². The molecule has 0 spiro atoms. The third kappa shape index (κ3) is 3.16. The summed E-state index contributed by atoms with van der Waals surface area (Å²) in [5.41, 5.74) is 1.02. The van der Waals surface area contributed by atoms with E-state index >= 15 is 0 Å². The highest BCUT2D eigenvalue weighted by Crippen LogP contribution is 2.26. The fraction of sp³-hybridized carbons (Fsp3) is 0.125. The first-order valence-corrected chi connectivity index (χ1v) is 7.93. The lowest BCUT2D eigenvalue weighted by Crippen LogP contribution is -2.09. The molecule has 3 aromatic heterocycles. The number of ketones is 1. The Bertz CT molecular complexity index is 980. The van der Waals surface area contributed by atoms with E-state index in [-0.39, 0.29) is 17.9 Å². The minimum absolute atomic E-state index is 0.0394. The number of fused-ring (bicyclic) bond motifs is 1. The predicted molar refractivity (Wildman–Crippen MR) is 94.0 cm³/mol. The van der Waals surface area contributed by atoms with Gasteiger partial charge in [-0.05, 0) is 18.2 Å². The van der Waals surface area contributed by atoms with Gasteiger partial charge in [-0.2, -0.15) is 5.10 Å². The zero-order valence-electron chi connectivity index (χ0n) is 13.0. The average Bonchev–Trinajstić information content (AvgIpc) is 3.02. The fourth-order valence-corrected chi connectivity index (χ4v) is 2.97. The molecule has 0 fully saturated rings. The summed E-state index contributed by atoms with van der Waals surface area (Å²) in [6, 6.07) is 4.61. The summed E-state index contributed by atoms with van der Waals surface area (Å²) in [6.45, 7) is 0. The topological polar surface area (TPSA) is 96.6 Å². The number of carbonyl (C=O) groups is 2. The van der Waals surface area contributed by atoms with Crippen molar-refractivity contribution in [3.63, 3.8) is 0 Å². The molecule has 0 bridgehead atoms. The number of halogens is 2. The molecule has 0 unspecified atom stereocenters. The normalized spacial score (nSPS) is 10.8. The van der Waals surface area contributed by atoms with E-state index in [4.69, 9.17) is 28.3 Å². The first kappa shape index (κ1) is 17.2. The molecule has 0 saturated heterocycles. The maximum Gasteiger partial charge on any atom is 0.356 e. The van der Waals surface area contributed by atoms with Gasteiger partial charge in [0.2, 0.25) is 0 Å². The maximum absolute atomic E-state index is 12.8. The van der Waals surface area contributed by atoms with Gasteiger partial charge in [0.25, 0.3) is 0 Å². The summed E-state index contributed by atoms with van der Waals surface area (Å²) in [4.78, 5) is 27.8. The van der Waals surface area contributed by atoms with Crippen molar-refractivity contribution in [1.82, 2.24) is 14.6 Å². The SMILES string of the molecule is CNc1ccc(C(=O)Cc2c(Cl)cncc2Cl)c2cc(C(=O)O)nn12. The molecule has 0 aliphatic carbocycles. The van der Waals surface area contributed by atoms with Gasteiger partial charge in [0, 0.05) is 37.0 Å². The highest BCUT2D eigenvalue weighted by molar-refractivity contribution is 6.36. The van der Waals surface area contributed by atoms with Crippen LogP contribution < -0.4 is 5.32 Å². The molecule has 0 amide bonds. The summed E-state index contributed by atoms with van der Waals surface area (Å²) < 4.78 is 1.38. The Hall–Kier alpha value is -2.64. The lowest BCUT2D eigenvalue weighted by Gasteiger charge is -2.09. The van der Waals surface area contributed by atoms with Crippen LogP contribution in [0, 0.1) is 0 Å². The molecule has 2 N–H and O–H groups in total. The van der Waals surface area contributed by atoms with Gasteiger partial charge in [-0.3, -0.25) is 9.78 Å². The average molecular weight is 379 g/mol. The molecular weight excluding hydrogens is 367 g/mol. The quantitative estimate of drug-likeness (QED) is 0.661. The number of rotatable bonds is 5. The summed E-state index contributed by atoms with van der Waals surface area (Å²) in [6.07, 6.45) is 2.79. The largest absolute Gasteiger partial charge is 0.476 e. The summed E-state index contributed by atoms with van der Waals surface area (Å²) in [5, 5.41) is 16.7. The van der Waals surface area contributed by atoms with E-state index in [0.29, 0.717) is 32.5 Å². The van der Waals surface area contributed by atoms with Crippen molar-refractivity contribution in [2.24, 2.45) is 0 Å². The number of carbonyl (C=O) groups excluding carboxylic acids is 1. The number of nitrogens with one attached hydrogen (secondary N) is 1. The van der Waals surface area contributed by atoms with E-state index in [1.165, 1.54) is 23.0 Å². The summed E-state index contributed by atoms with van der Waals surface area (Å²) in [7, 11) is 1.68. The number of Topliss-reactive ketones (excluding diaryl/α,β-unsaturated/α-hetero) is 1. The lowest BCUT2D eigenvalue weighted by atomic mass is 10.0. The standard InChI is InChI=1S/C16H12Cl2N4O3/c1-19-15-3-2-8(13-5-12(16(24)25)21-22(13)15)14(23)4-9-10(17)6-20-7-11(9)18/h2-3,5-7,19H,4H2,1H3,(H,24,25). The van der Waals surface area contributed by atoms with Crippen molar-refractivity contribution in [2.45, 2.75) is 6.42 Å². The molecule has 3 rings (SSSR count). The highest BCUT2D eigenvalue weighted by atomic mass is 35.5. The zero-order chi connectivity index (χ0) is 18.1. The minimum Gasteiger partial charge on any atom is -0.476 e. The molecule has 3 heterocycles. The van der Waals surface area contributed by atoms with Crippen LogP contribution in [0.5, 0.6) is 0 Å². The van der Waals surface area contributed by atoms with Crippen LogP contribution in [0.25, 0.3) is 5.52 Å². The first-order chi connectivity index (χ1) is 11.9. The number of carboxylic acid groups (broad SMARTS) is 1. The van der Waals surface area contributed by atoms with Gasteiger partial charge in [0.15, 0.2) is 11.5 Å². The van der Waals surface area contributed by atoms with Gasteiger partial charge in [0.05, 0.1) is 15.6 Å². The number of hydrogen-bond donors (Lipinski definition) is 2. The van der Waals surface area contributed by atoms with Crippen LogP contribution in [0.4, 0.5) is 5.82 Å². The van der Waals surface area contributed by atoms with Crippen LogP contribution in [-0.4, -0.2) is 38.5 Å². The zero-order valence-corrected chi connectivity index (χ0v) is 14.5. The molecule has 3 aromatic rings. The second-order valence-corrected chi connectivity index (χ2v) is 6.01. The molecule has 0 radical (unpaired) electrons. The third-order valence-electron chi connectivity index (χ3n) is 3.69. The molecule has 7 nitrogen and oxygen atoms in total. The number of carboxylic acids is 1. The summed E-state index contributed by atoms with van der Waals surface area (Å²) in [5.74, 6) is -0.886. The number of aromatic nitrogens is 3. The molecule has 0 saturated carbocycles. The van der Waals surface area contributed by atoms with Gasteiger partial charge < -0.3 is 10.4 Å². The molecular formula is C16H12Cl2N4O3.